The van der Waals surface area contributed by atoms with Crippen molar-refractivity contribution in [2.45, 2.75) is 56.9 Å². The summed E-state index contributed by atoms with van der Waals surface area (Å²) in [5, 5.41) is 4.37. The zero-order chi connectivity index (χ0) is 24.3. The van der Waals surface area contributed by atoms with Crippen LogP contribution in [0.25, 0.3) is 21.5 Å². The van der Waals surface area contributed by atoms with Crippen molar-refractivity contribution in [1.29, 1.82) is 0 Å². The van der Waals surface area contributed by atoms with Crippen molar-refractivity contribution < 1.29 is 4.79 Å². The Bertz CT molecular complexity index is 1420. The number of nitrogens with zero attached hydrogens (tertiary/aromatic N) is 3. The highest BCUT2D eigenvalue weighted by atomic mass is 32.1. The van der Waals surface area contributed by atoms with Gasteiger partial charge in [-0.1, -0.05) is 44.0 Å². The van der Waals surface area contributed by atoms with E-state index >= 15 is 0 Å². The van der Waals surface area contributed by atoms with E-state index in [1.54, 1.807) is 6.33 Å². The van der Waals surface area contributed by atoms with Crippen LogP contribution in [-0.2, 0) is 5.41 Å². The van der Waals surface area contributed by atoms with Crippen molar-refractivity contribution in [2.75, 3.05) is 11.4 Å². The van der Waals surface area contributed by atoms with E-state index in [0.717, 1.165) is 34.1 Å². The molecule has 1 aliphatic heterocycles. The van der Waals surface area contributed by atoms with Gasteiger partial charge in [0.05, 0.1) is 33.3 Å². The zero-order valence-electron chi connectivity index (χ0n) is 20.5. The second kappa shape index (κ2) is 8.44. The lowest BCUT2D eigenvalue weighted by Gasteiger charge is -2.46. The van der Waals surface area contributed by atoms with E-state index in [0.29, 0.717) is 12.0 Å². The number of hydrogen-bond acceptors (Lipinski definition) is 4. The summed E-state index contributed by atoms with van der Waals surface area (Å²) in [6.07, 6.45) is 11.8. The molecule has 6 nitrogen and oxygen atoms in total. The van der Waals surface area contributed by atoms with Crippen molar-refractivity contribution in [3.8, 4) is 10.4 Å². The van der Waals surface area contributed by atoms with Gasteiger partial charge in [-0.25, -0.2) is 14.8 Å². The monoisotopic (exact) mass is 497 g/mol. The molecule has 1 saturated heterocycles. The molecule has 2 bridgehead atoms. The Labute approximate surface area is 215 Å². The third-order valence-electron chi connectivity index (χ3n) is 8.62. The maximum absolute atomic E-state index is 12.8. The minimum Gasteiger partial charge on any atom is -0.345 e. The Balaban J connectivity index is 1.15. The molecule has 2 N–H and O–H groups in total. The first-order chi connectivity index (χ1) is 17.6. The van der Waals surface area contributed by atoms with Crippen LogP contribution in [0.3, 0.4) is 0 Å². The fourth-order valence-electron chi connectivity index (χ4n) is 7.13. The van der Waals surface area contributed by atoms with Crippen LogP contribution in [0.15, 0.2) is 55.0 Å². The number of anilines is 1. The molecule has 3 heterocycles. The number of aromatic nitrogens is 3. The molecule has 184 valence electrons. The summed E-state index contributed by atoms with van der Waals surface area (Å²) < 4.78 is 0. The number of fused-ring (bicyclic) bond motifs is 3. The zero-order valence-corrected chi connectivity index (χ0v) is 21.4. The van der Waals surface area contributed by atoms with Crippen molar-refractivity contribution in [3.05, 3.63) is 65.6 Å². The van der Waals surface area contributed by atoms with E-state index in [1.807, 2.05) is 34.4 Å². The fraction of sp³-hybridized carbons (Fsp3) is 0.414. The fourth-order valence-corrected chi connectivity index (χ4v) is 8.29. The van der Waals surface area contributed by atoms with Crippen LogP contribution in [0.5, 0.6) is 0 Å². The predicted octanol–water partition coefficient (Wildman–Crippen LogP) is 6.82. The van der Waals surface area contributed by atoms with Crippen molar-refractivity contribution in [1.82, 2.24) is 20.3 Å². The Kier molecular flexibility index (Phi) is 5.17. The van der Waals surface area contributed by atoms with E-state index < -0.39 is 0 Å². The van der Waals surface area contributed by atoms with E-state index in [-0.39, 0.29) is 12.1 Å². The first kappa shape index (κ1) is 22.0. The number of thiazole rings is 1. The van der Waals surface area contributed by atoms with Gasteiger partial charge in [-0.15, -0.1) is 11.3 Å². The number of nitrogens with one attached hydrogen (secondary N) is 2. The number of rotatable bonds is 4. The number of carbonyl (C=O) groups excluding carboxylic acids is 1. The molecule has 2 aromatic heterocycles. The first-order valence-electron chi connectivity index (χ1n) is 13.1. The van der Waals surface area contributed by atoms with E-state index in [4.69, 9.17) is 4.98 Å². The van der Waals surface area contributed by atoms with Gasteiger partial charge in [-0.3, -0.25) is 4.90 Å². The van der Waals surface area contributed by atoms with Crippen molar-refractivity contribution in [2.24, 2.45) is 11.8 Å². The predicted molar refractivity (Wildman–Crippen MR) is 144 cm³/mol. The van der Waals surface area contributed by atoms with Gasteiger partial charge in [0.1, 0.15) is 0 Å². The lowest BCUT2D eigenvalue weighted by molar-refractivity contribution is 0.110. The van der Waals surface area contributed by atoms with Crippen LogP contribution in [0, 0.1) is 11.8 Å². The van der Waals surface area contributed by atoms with Gasteiger partial charge in [0, 0.05) is 23.8 Å². The standard InChI is InChI=1S/C29H31N5OS/c1-18-11-19-3-2-10-29(13-18,14-19)27-30-16-26(36-27)21-6-4-20(5-7-21)25-15-31-28(35)34(25)22-8-9-23-24(12-22)33-17-32-23/h4-9,12,16-19,25H,2-3,10-11,13-15H2,1H3,(H,31,35)(H,32,33). The molecule has 36 heavy (non-hydrogen) atoms. The van der Waals surface area contributed by atoms with Crippen LogP contribution in [0.4, 0.5) is 10.5 Å². The van der Waals surface area contributed by atoms with Crippen LogP contribution in [0.2, 0.25) is 0 Å². The minimum atomic E-state index is -0.0715. The number of imidazole rings is 1. The molecule has 0 spiro atoms. The van der Waals surface area contributed by atoms with Crippen molar-refractivity contribution >= 4 is 34.1 Å². The lowest BCUT2D eigenvalue weighted by Crippen LogP contribution is -2.39. The van der Waals surface area contributed by atoms with Gasteiger partial charge in [0.2, 0.25) is 0 Å². The molecule has 3 aliphatic rings. The Morgan fingerprint density at radius 2 is 2.00 bits per heavy atom. The SMILES string of the molecule is CC1CC2CCCC(c3ncc(-c4ccc(C5CNC(=O)N5c5ccc6[nH]cnc6c5)cc4)s3)(C1)C2. The second-order valence-electron chi connectivity index (χ2n) is 11.1. The minimum absolute atomic E-state index is 0.0539. The number of carbonyl (C=O) groups is 1. The topological polar surface area (TPSA) is 73.9 Å². The molecule has 2 aliphatic carbocycles. The second-order valence-corrected chi connectivity index (χ2v) is 12.1. The molecule has 2 saturated carbocycles. The summed E-state index contributed by atoms with van der Waals surface area (Å²) in [5.41, 5.74) is 5.32. The quantitative estimate of drug-likeness (QED) is 0.325. The van der Waals surface area contributed by atoms with Gasteiger partial charge in [-0.2, -0.15) is 0 Å². The third kappa shape index (κ3) is 3.63. The highest BCUT2D eigenvalue weighted by Gasteiger charge is 2.44. The Morgan fingerprint density at radius 1 is 1.11 bits per heavy atom. The Hall–Kier alpha value is -3.19. The largest absolute Gasteiger partial charge is 0.345 e. The summed E-state index contributed by atoms with van der Waals surface area (Å²) in [5.74, 6) is 1.68. The van der Waals surface area contributed by atoms with Gasteiger partial charge in [-0.05, 0) is 66.8 Å². The number of H-pyrrole nitrogens is 1. The first-order valence-corrected chi connectivity index (χ1v) is 14.0. The van der Waals surface area contributed by atoms with Gasteiger partial charge in [0.25, 0.3) is 0 Å². The molecule has 4 atom stereocenters. The van der Waals surface area contributed by atoms with E-state index in [9.17, 15) is 4.79 Å². The van der Waals surface area contributed by atoms with E-state index in [2.05, 4.69) is 52.7 Å². The highest BCUT2D eigenvalue weighted by Crippen LogP contribution is 2.53. The van der Waals surface area contributed by atoms with Crippen LogP contribution >= 0.6 is 11.3 Å². The molecule has 2 aromatic carbocycles. The summed E-state index contributed by atoms with van der Waals surface area (Å²) in [6.45, 7) is 3.02. The highest BCUT2D eigenvalue weighted by molar-refractivity contribution is 7.15. The third-order valence-corrected chi connectivity index (χ3v) is 9.91. The Morgan fingerprint density at radius 3 is 2.89 bits per heavy atom. The van der Waals surface area contributed by atoms with Gasteiger partial charge >= 0.3 is 6.03 Å². The van der Waals surface area contributed by atoms with Crippen LogP contribution < -0.4 is 10.2 Å². The molecule has 4 unspecified atom stereocenters. The average Bonchev–Trinajstić information content (AvgIpc) is 3.63. The number of urea groups is 1. The summed E-state index contributed by atoms with van der Waals surface area (Å²) in [6, 6.07) is 14.5. The summed E-state index contributed by atoms with van der Waals surface area (Å²) >= 11 is 1.89. The lowest BCUT2D eigenvalue weighted by atomic mass is 9.59. The number of hydrogen-bond donors (Lipinski definition) is 2. The smallest absolute Gasteiger partial charge is 0.322 e. The molecule has 4 aromatic rings. The number of aromatic amines is 1. The molecular weight excluding hydrogens is 466 g/mol. The summed E-state index contributed by atoms with van der Waals surface area (Å²) in [7, 11) is 0. The van der Waals surface area contributed by atoms with Crippen molar-refractivity contribution in [3.63, 3.8) is 0 Å². The number of amides is 2. The van der Waals surface area contributed by atoms with Crippen LogP contribution in [-0.4, -0.2) is 27.5 Å². The molecule has 2 amide bonds. The normalized spacial score (nSPS) is 28.0. The number of benzene rings is 2. The van der Waals surface area contributed by atoms with Gasteiger partial charge < -0.3 is 10.3 Å². The molecule has 7 heteroatoms. The average molecular weight is 498 g/mol. The molecular formula is C29H31N5OS. The van der Waals surface area contributed by atoms with E-state index in [1.165, 1.54) is 54.0 Å². The molecule has 7 rings (SSSR count). The molecule has 0 radical (unpaired) electrons. The molecule has 3 fully saturated rings. The van der Waals surface area contributed by atoms with Crippen LogP contribution in [0.1, 0.15) is 62.1 Å². The van der Waals surface area contributed by atoms with Gasteiger partial charge in [0.15, 0.2) is 0 Å². The summed E-state index contributed by atoms with van der Waals surface area (Å²) in [4.78, 5) is 28.3. The maximum atomic E-state index is 12.8. The maximum Gasteiger partial charge on any atom is 0.322 e.